The highest BCUT2D eigenvalue weighted by atomic mass is 31.2. The van der Waals surface area contributed by atoms with Crippen LogP contribution in [0.1, 0.15) is 357 Å². The lowest BCUT2D eigenvalue weighted by atomic mass is 9.99. The normalized spacial score (nSPS) is 14.5. The summed E-state index contributed by atoms with van der Waals surface area (Å²) < 4.78 is 68.4. The van der Waals surface area contributed by atoms with Crippen LogP contribution < -0.4 is 0 Å². The van der Waals surface area contributed by atoms with Gasteiger partial charge in [-0.05, 0) is 49.4 Å². The lowest BCUT2D eigenvalue weighted by Gasteiger charge is -2.21. The van der Waals surface area contributed by atoms with Gasteiger partial charge >= 0.3 is 39.5 Å². The summed E-state index contributed by atoms with van der Waals surface area (Å²) >= 11 is 0. The fourth-order valence-corrected chi connectivity index (χ4v) is 12.4. The molecular formula is C72H140O17P2. The SMILES string of the molecule is CCC(C)CCCCCCCCCCC(=O)O[C@H](COC(=O)CCCCCCCCCCCCCCC(C)C)COP(=O)(O)OCC(O)COP(=O)(O)OC[C@@H](COC(=O)CCCCCCCCCC(C)C)OC(=O)CCCCCCCCCCCCCC(C)C. The highest BCUT2D eigenvalue weighted by Crippen LogP contribution is 2.45. The van der Waals surface area contributed by atoms with E-state index in [1.807, 2.05) is 0 Å². The second kappa shape index (κ2) is 61.6. The maximum Gasteiger partial charge on any atom is 0.472 e. The van der Waals surface area contributed by atoms with Gasteiger partial charge in [0, 0.05) is 25.7 Å². The van der Waals surface area contributed by atoms with Crippen molar-refractivity contribution < 1.29 is 80.2 Å². The smallest absolute Gasteiger partial charge is 0.462 e. The Hall–Kier alpha value is -1.94. The van der Waals surface area contributed by atoms with E-state index in [1.165, 1.54) is 154 Å². The summed E-state index contributed by atoms with van der Waals surface area (Å²) in [5, 5.41) is 10.6. The third-order valence-corrected chi connectivity index (χ3v) is 18.8. The molecule has 91 heavy (non-hydrogen) atoms. The van der Waals surface area contributed by atoms with Gasteiger partial charge in [0.25, 0.3) is 0 Å². The summed E-state index contributed by atoms with van der Waals surface area (Å²) in [5.74, 6) is 0.894. The Kier molecular flexibility index (Phi) is 60.3. The molecule has 0 amide bonds. The van der Waals surface area contributed by atoms with Crippen molar-refractivity contribution in [1.82, 2.24) is 0 Å². The zero-order chi connectivity index (χ0) is 67.5. The number of ether oxygens (including phenoxy) is 4. The number of rotatable bonds is 69. The highest BCUT2D eigenvalue weighted by Gasteiger charge is 2.30. The number of carbonyl (C=O) groups excluding carboxylic acids is 4. The van der Waals surface area contributed by atoms with Gasteiger partial charge in [-0.3, -0.25) is 37.3 Å². The minimum Gasteiger partial charge on any atom is -0.462 e. The second-order valence-corrected chi connectivity index (χ2v) is 30.6. The number of carbonyl (C=O) groups is 4. The van der Waals surface area contributed by atoms with Crippen LogP contribution in [0.15, 0.2) is 0 Å². The Morgan fingerprint density at radius 2 is 0.527 bits per heavy atom. The molecule has 0 aromatic rings. The lowest BCUT2D eigenvalue weighted by Crippen LogP contribution is -2.30. The minimum atomic E-state index is -4.95. The first kappa shape index (κ1) is 89.1. The Morgan fingerprint density at radius 1 is 0.308 bits per heavy atom. The van der Waals surface area contributed by atoms with Gasteiger partial charge in [0.2, 0.25) is 0 Å². The van der Waals surface area contributed by atoms with Crippen molar-refractivity contribution in [2.75, 3.05) is 39.6 Å². The van der Waals surface area contributed by atoms with Crippen molar-refractivity contribution in [3.63, 3.8) is 0 Å². The molecule has 0 aliphatic rings. The molecule has 0 saturated heterocycles. The standard InChI is InChI=1S/C72H140O17P2/c1-9-65(8)51-43-35-27-21-22-30-39-47-55-72(77)89-67(58-82-69(74)52-44-36-28-19-15-11-10-13-17-24-32-40-48-62(2)3)60-86-90(78,79)84-56-66(73)57-85-91(80,81)87-61-68(59-83-70(75)53-45-37-31-23-26-34-42-50-64(6)7)88-71(76)54-46-38-29-20-16-12-14-18-25-33-41-49-63(4)5/h62-68,73H,9-61H2,1-8H3,(H,78,79)(H,80,81)/t65?,66?,67-,68-/m1/s1. The predicted octanol–water partition coefficient (Wildman–Crippen LogP) is 20.5. The molecule has 0 fully saturated rings. The van der Waals surface area contributed by atoms with Gasteiger partial charge in [-0.1, -0.05) is 306 Å². The fraction of sp³-hybridized carbons (Fsp3) is 0.944. The Bertz CT molecular complexity index is 1800. The van der Waals surface area contributed by atoms with Crippen LogP contribution in [0.4, 0.5) is 0 Å². The molecule has 3 N–H and O–H groups in total. The first-order chi connectivity index (χ1) is 43.6. The van der Waals surface area contributed by atoms with Crippen LogP contribution in [0.3, 0.4) is 0 Å². The van der Waals surface area contributed by atoms with E-state index in [-0.39, 0.29) is 25.7 Å². The van der Waals surface area contributed by atoms with Crippen molar-refractivity contribution in [3.8, 4) is 0 Å². The number of phosphoric acid groups is 2. The number of esters is 4. The number of aliphatic hydroxyl groups is 1. The van der Waals surface area contributed by atoms with Gasteiger partial charge < -0.3 is 33.8 Å². The average molecular weight is 1340 g/mol. The monoisotopic (exact) mass is 1340 g/mol. The van der Waals surface area contributed by atoms with Crippen LogP contribution >= 0.6 is 15.6 Å². The third-order valence-electron chi connectivity index (χ3n) is 16.9. The lowest BCUT2D eigenvalue weighted by molar-refractivity contribution is -0.161. The molecule has 540 valence electrons. The fourth-order valence-electron chi connectivity index (χ4n) is 10.8. The van der Waals surface area contributed by atoms with Crippen LogP contribution in [-0.2, 0) is 65.4 Å². The third kappa shape index (κ3) is 65.1. The molecule has 0 aromatic heterocycles. The quantitative estimate of drug-likeness (QED) is 0.0222. The number of phosphoric ester groups is 2. The Morgan fingerprint density at radius 3 is 0.780 bits per heavy atom. The predicted molar refractivity (Wildman–Crippen MR) is 367 cm³/mol. The Labute approximate surface area is 556 Å². The first-order valence-corrected chi connectivity index (χ1v) is 40.2. The molecule has 19 heteroatoms. The van der Waals surface area contributed by atoms with Gasteiger partial charge in [0.15, 0.2) is 12.2 Å². The summed E-state index contributed by atoms with van der Waals surface area (Å²) in [7, 11) is -9.91. The molecule has 0 radical (unpaired) electrons. The van der Waals surface area contributed by atoms with E-state index in [4.69, 9.17) is 37.0 Å². The molecule has 0 saturated carbocycles. The second-order valence-electron chi connectivity index (χ2n) is 27.6. The summed E-state index contributed by atoms with van der Waals surface area (Å²) in [5.41, 5.74) is 0. The van der Waals surface area contributed by atoms with E-state index < -0.39 is 97.5 Å². The molecule has 0 aliphatic heterocycles. The molecular weight excluding hydrogens is 1200 g/mol. The van der Waals surface area contributed by atoms with Crippen molar-refractivity contribution in [2.24, 2.45) is 23.7 Å². The maximum absolute atomic E-state index is 13.0. The largest absolute Gasteiger partial charge is 0.472 e. The zero-order valence-electron chi connectivity index (χ0n) is 59.5. The van der Waals surface area contributed by atoms with Gasteiger partial charge in [0.1, 0.15) is 19.3 Å². The molecule has 0 aromatic carbocycles. The summed E-state index contributed by atoms with van der Waals surface area (Å²) in [6.45, 7) is 14.1. The van der Waals surface area contributed by atoms with Gasteiger partial charge in [-0.15, -0.1) is 0 Å². The molecule has 0 aliphatic carbocycles. The van der Waals surface area contributed by atoms with E-state index in [0.717, 1.165) is 114 Å². The van der Waals surface area contributed by atoms with E-state index in [9.17, 15) is 43.2 Å². The van der Waals surface area contributed by atoms with Crippen molar-refractivity contribution in [2.45, 2.75) is 375 Å². The van der Waals surface area contributed by atoms with Crippen LogP contribution in [0.5, 0.6) is 0 Å². The molecule has 0 bridgehead atoms. The van der Waals surface area contributed by atoms with Gasteiger partial charge in [-0.25, -0.2) is 9.13 Å². The first-order valence-electron chi connectivity index (χ1n) is 37.2. The summed E-state index contributed by atoms with van der Waals surface area (Å²) in [4.78, 5) is 72.6. The van der Waals surface area contributed by atoms with E-state index in [1.54, 1.807) is 0 Å². The topological polar surface area (TPSA) is 237 Å². The van der Waals surface area contributed by atoms with Crippen LogP contribution in [-0.4, -0.2) is 96.7 Å². The number of hydrogen-bond donors (Lipinski definition) is 3. The molecule has 0 rings (SSSR count). The molecule has 0 heterocycles. The van der Waals surface area contributed by atoms with Gasteiger partial charge in [-0.2, -0.15) is 0 Å². The molecule has 0 spiro atoms. The number of unbranched alkanes of at least 4 members (excludes halogenated alkanes) is 34. The van der Waals surface area contributed by atoms with E-state index >= 15 is 0 Å². The van der Waals surface area contributed by atoms with Crippen LogP contribution in [0.25, 0.3) is 0 Å². The minimum absolute atomic E-state index is 0.104. The maximum atomic E-state index is 13.0. The molecule has 4 unspecified atom stereocenters. The summed E-state index contributed by atoms with van der Waals surface area (Å²) in [6.07, 6.45) is 44.4. The van der Waals surface area contributed by atoms with Crippen LogP contribution in [0, 0.1) is 23.7 Å². The van der Waals surface area contributed by atoms with Crippen molar-refractivity contribution in [3.05, 3.63) is 0 Å². The van der Waals surface area contributed by atoms with Crippen molar-refractivity contribution in [1.29, 1.82) is 0 Å². The van der Waals surface area contributed by atoms with E-state index in [0.29, 0.717) is 31.6 Å². The highest BCUT2D eigenvalue weighted by molar-refractivity contribution is 7.47. The number of hydrogen-bond acceptors (Lipinski definition) is 15. The molecule has 17 nitrogen and oxygen atoms in total. The van der Waals surface area contributed by atoms with E-state index in [2.05, 4.69) is 55.4 Å². The Balaban J connectivity index is 5.25. The molecule has 6 atom stereocenters. The van der Waals surface area contributed by atoms with Crippen LogP contribution in [0.2, 0.25) is 0 Å². The average Bonchev–Trinajstić information content (AvgIpc) is 3.64. The zero-order valence-corrected chi connectivity index (χ0v) is 61.3. The summed E-state index contributed by atoms with van der Waals surface area (Å²) in [6, 6.07) is 0. The van der Waals surface area contributed by atoms with Gasteiger partial charge in [0.05, 0.1) is 26.4 Å². The van der Waals surface area contributed by atoms with Crippen molar-refractivity contribution >= 4 is 39.5 Å². The number of aliphatic hydroxyl groups excluding tert-OH is 1.